The van der Waals surface area contributed by atoms with Gasteiger partial charge in [0.2, 0.25) is 0 Å². The third-order valence-corrected chi connectivity index (χ3v) is 3.52. The minimum absolute atomic E-state index is 0.292. The molecule has 2 nitrogen and oxygen atoms in total. The average Bonchev–Trinajstić information content (AvgIpc) is 2.36. The summed E-state index contributed by atoms with van der Waals surface area (Å²) in [5, 5.41) is 0. The molecule has 1 saturated heterocycles. The van der Waals surface area contributed by atoms with E-state index in [0.717, 1.165) is 5.75 Å². The van der Waals surface area contributed by atoms with Crippen LogP contribution in [0.25, 0.3) is 0 Å². The molecule has 1 rings (SSSR count). The maximum Gasteiger partial charge on any atom is 0.139 e. The summed E-state index contributed by atoms with van der Waals surface area (Å²) in [4.78, 5) is 13.1. The van der Waals surface area contributed by atoms with Crippen LogP contribution in [0.1, 0.15) is 19.8 Å². The number of nitrogens with zero attached hydrogens (tertiary/aromatic N) is 1. The zero-order valence-corrected chi connectivity index (χ0v) is 8.69. The number of carbonyl (C=O) groups excluding carboxylic acids is 1. The summed E-state index contributed by atoms with van der Waals surface area (Å²) in [6.07, 6.45) is 2.63. The lowest BCUT2D eigenvalue weighted by atomic mass is 10.2. The van der Waals surface area contributed by atoms with Gasteiger partial charge in [0.25, 0.3) is 0 Å². The standard InChI is InChI=1S/C9H17NOS/c1-8(11)6-12-7-9-4-3-5-10(9)2/h9H,3-7H2,1-2H3. The van der Waals surface area contributed by atoms with E-state index < -0.39 is 0 Å². The molecule has 1 atom stereocenters. The largest absolute Gasteiger partial charge is 0.303 e. The SMILES string of the molecule is CC(=O)CSCC1CCCN1C. The Morgan fingerprint density at radius 1 is 1.67 bits per heavy atom. The molecule has 0 bridgehead atoms. The third-order valence-electron chi connectivity index (χ3n) is 2.29. The Labute approximate surface area is 78.7 Å². The molecular weight excluding hydrogens is 170 g/mol. The van der Waals surface area contributed by atoms with E-state index in [1.807, 2.05) is 0 Å². The molecule has 0 aromatic heterocycles. The molecule has 0 aromatic carbocycles. The van der Waals surface area contributed by atoms with Crippen molar-refractivity contribution >= 4 is 17.5 Å². The fourth-order valence-electron chi connectivity index (χ4n) is 1.53. The van der Waals surface area contributed by atoms with Crippen LogP contribution >= 0.6 is 11.8 Å². The van der Waals surface area contributed by atoms with E-state index in [1.165, 1.54) is 19.4 Å². The van der Waals surface area contributed by atoms with Gasteiger partial charge in [-0.3, -0.25) is 4.79 Å². The molecule has 1 aliphatic heterocycles. The van der Waals surface area contributed by atoms with Crippen molar-refractivity contribution in [2.24, 2.45) is 0 Å². The summed E-state index contributed by atoms with van der Waals surface area (Å²) in [5.41, 5.74) is 0. The van der Waals surface area contributed by atoms with Gasteiger partial charge in [-0.05, 0) is 33.4 Å². The molecule has 12 heavy (non-hydrogen) atoms. The van der Waals surface area contributed by atoms with Crippen molar-refractivity contribution in [1.29, 1.82) is 0 Å². The minimum Gasteiger partial charge on any atom is -0.303 e. The molecule has 70 valence electrons. The zero-order chi connectivity index (χ0) is 8.97. The van der Waals surface area contributed by atoms with Gasteiger partial charge in [0.05, 0.1) is 5.75 Å². The molecule has 0 N–H and O–H groups in total. The van der Waals surface area contributed by atoms with E-state index >= 15 is 0 Å². The van der Waals surface area contributed by atoms with Crippen LogP contribution < -0.4 is 0 Å². The summed E-state index contributed by atoms with van der Waals surface area (Å²) in [5.74, 6) is 2.10. The van der Waals surface area contributed by atoms with Gasteiger partial charge in [0, 0.05) is 11.8 Å². The lowest BCUT2D eigenvalue weighted by Crippen LogP contribution is -2.27. The van der Waals surface area contributed by atoms with E-state index in [4.69, 9.17) is 0 Å². The van der Waals surface area contributed by atoms with Crippen LogP contribution in [0.5, 0.6) is 0 Å². The van der Waals surface area contributed by atoms with E-state index in [-0.39, 0.29) is 0 Å². The van der Waals surface area contributed by atoms with Crippen LogP contribution in [-0.2, 0) is 4.79 Å². The number of thioether (sulfide) groups is 1. The molecule has 0 amide bonds. The number of hydrogen-bond acceptors (Lipinski definition) is 3. The molecule has 1 fully saturated rings. The summed E-state index contributed by atoms with van der Waals surface area (Å²) in [6.45, 7) is 2.89. The molecule has 0 aliphatic carbocycles. The molecule has 3 heteroatoms. The second-order valence-electron chi connectivity index (χ2n) is 3.49. The molecule has 0 aromatic rings. The van der Waals surface area contributed by atoms with Crippen molar-refractivity contribution < 1.29 is 4.79 Å². The lowest BCUT2D eigenvalue weighted by Gasteiger charge is -2.18. The summed E-state index contributed by atoms with van der Waals surface area (Å²) in [6, 6.07) is 0.717. The van der Waals surface area contributed by atoms with E-state index in [2.05, 4.69) is 11.9 Å². The smallest absolute Gasteiger partial charge is 0.139 e. The summed E-state index contributed by atoms with van der Waals surface area (Å²) >= 11 is 1.77. The molecule has 1 unspecified atom stereocenters. The van der Waals surface area contributed by atoms with Gasteiger partial charge < -0.3 is 4.90 Å². The number of rotatable bonds is 4. The summed E-state index contributed by atoms with van der Waals surface area (Å²) < 4.78 is 0. The Hall–Kier alpha value is -0.0200. The lowest BCUT2D eigenvalue weighted by molar-refractivity contribution is -0.114. The van der Waals surface area contributed by atoms with Crippen molar-refractivity contribution in [2.75, 3.05) is 25.1 Å². The van der Waals surface area contributed by atoms with Crippen LogP contribution in [0.15, 0.2) is 0 Å². The highest BCUT2D eigenvalue weighted by Crippen LogP contribution is 2.18. The van der Waals surface area contributed by atoms with Crippen LogP contribution in [0.2, 0.25) is 0 Å². The fraction of sp³-hybridized carbons (Fsp3) is 0.889. The molecule has 0 spiro atoms. The number of Topliss-reactive ketones (excluding diaryl/α,β-unsaturated/α-hetero) is 1. The Morgan fingerprint density at radius 2 is 2.42 bits per heavy atom. The molecule has 1 heterocycles. The molecule has 1 aliphatic rings. The topological polar surface area (TPSA) is 20.3 Å². The first-order chi connectivity index (χ1) is 5.70. The predicted octanol–water partition coefficient (Wildman–Crippen LogP) is 1.40. The third kappa shape index (κ3) is 3.15. The van der Waals surface area contributed by atoms with Crippen molar-refractivity contribution in [3.05, 3.63) is 0 Å². The van der Waals surface area contributed by atoms with Crippen LogP contribution in [0.3, 0.4) is 0 Å². The maximum atomic E-state index is 10.7. The Morgan fingerprint density at radius 3 is 2.92 bits per heavy atom. The average molecular weight is 187 g/mol. The highest BCUT2D eigenvalue weighted by atomic mass is 32.2. The first-order valence-corrected chi connectivity index (χ1v) is 5.63. The van der Waals surface area contributed by atoms with Gasteiger partial charge in [-0.2, -0.15) is 11.8 Å². The van der Waals surface area contributed by atoms with E-state index in [1.54, 1.807) is 18.7 Å². The number of ketones is 1. The Balaban J connectivity index is 2.10. The monoisotopic (exact) mass is 187 g/mol. The molecular formula is C9H17NOS. The normalized spacial score (nSPS) is 24.7. The van der Waals surface area contributed by atoms with Crippen LogP contribution in [-0.4, -0.2) is 41.8 Å². The van der Waals surface area contributed by atoms with Gasteiger partial charge in [-0.25, -0.2) is 0 Å². The van der Waals surface area contributed by atoms with Gasteiger partial charge in [0.15, 0.2) is 0 Å². The van der Waals surface area contributed by atoms with Crippen molar-refractivity contribution in [2.45, 2.75) is 25.8 Å². The highest BCUT2D eigenvalue weighted by Gasteiger charge is 2.20. The number of carbonyl (C=O) groups is 1. The second-order valence-corrected chi connectivity index (χ2v) is 4.52. The molecule has 0 saturated carbocycles. The quantitative estimate of drug-likeness (QED) is 0.663. The predicted molar refractivity (Wildman–Crippen MR) is 53.7 cm³/mol. The molecule has 0 radical (unpaired) electrons. The van der Waals surface area contributed by atoms with Gasteiger partial charge in [-0.1, -0.05) is 0 Å². The van der Waals surface area contributed by atoms with Gasteiger partial charge in [-0.15, -0.1) is 0 Å². The van der Waals surface area contributed by atoms with Crippen LogP contribution in [0.4, 0.5) is 0 Å². The van der Waals surface area contributed by atoms with E-state index in [9.17, 15) is 4.79 Å². The minimum atomic E-state index is 0.292. The van der Waals surface area contributed by atoms with Gasteiger partial charge >= 0.3 is 0 Å². The van der Waals surface area contributed by atoms with Crippen molar-refractivity contribution in [3.63, 3.8) is 0 Å². The van der Waals surface area contributed by atoms with Crippen molar-refractivity contribution in [3.8, 4) is 0 Å². The van der Waals surface area contributed by atoms with Gasteiger partial charge in [0.1, 0.15) is 5.78 Å². The maximum absolute atomic E-state index is 10.7. The zero-order valence-electron chi connectivity index (χ0n) is 7.88. The second kappa shape index (κ2) is 4.87. The Bertz CT molecular complexity index is 161. The van der Waals surface area contributed by atoms with Crippen LogP contribution in [0, 0.1) is 0 Å². The van der Waals surface area contributed by atoms with Crippen molar-refractivity contribution in [1.82, 2.24) is 4.90 Å². The first kappa shape index (κ1) is 10.1. The number of likely N-dealkylation sites (tertiary alicyclic amines) is 1. The summed E-state index contributed by atoms with van der Waals surface area (Å²) in [7, 11) is 2.17. The fourth-order valence-corrected chi connectivity index (χ4v) is 2.63. The number of hydrogen-bond donors (Lipinski definition) is 0. The highest BCUT2D eigenvalue weighted by molar-refractivity contribution is 8.00. The van der Waals surface area contributed by atoms with E-state index in [0.29, 0.717) is 17.6 Å². The Kier molecular flexibility index (Phi) is 4.09. The first-order valence-electron chi connectivity index (χ1n) is 4.47.